The molecule has 1 aliphatic rings. The Hall–Kier alpha value is -2.28. The van der Waals surface area contributed by atoms with Crippen molar-refractivity contribution < 1.29 is 19.8 Å². The van der Waals surface area contributed by atoms with Crippen LogP contribution in [0.15, 0.2) is 22.0 Å². The van der Waals surface area contributed by atoms with E-state index < -0.39 is 12.5 Å². The van der Waals surface area contributed by atoms with Crippen molar-refractivity contribution in [1.29, 1.82) is 0 Å². The third-order valence-corrected chi connectivity index (χ3v) is 5.00. The third kappa shape index (κ3) is 5.13. The number of aromatic hydroxyl groups is 1. The van der Waals surface area contributed by atoms with E-state index in [9.17, 15) is 14.7 Å². The molecule has 0 spiro atoms. The minimum absolute atomic E-state index is 0.266. The summed E-state index contributed by atoms with van der Waals surface area (Å²) in [6, 6.07) is 3.77. The average molecular weight is 391 g/mol. The summed E-state index contributed by atoms with van der Waals surface area (Å²) in [5.41, 5.74) is 1.89. The molecule has 1 saturated heterocycles. The van der Waals surface area contributed by atoms with Gasteiger partial charge in [-0.25, -0.2) is 0 Å². The number of amidine groups is 1. The molecule has 0 aromatic heterocycles. The Morgan fingerprint density at radius 1 is 1.15 bits per heavy atom. The van der Waals surface area contributed by atoms with Gasteiger partial charge in [0.05, 0.1) is 4.91 Å². The monoisotopic (exact) mass is 390 g/mol. The van der Waals surface area contributed by atoms with Crippen LogP contribution in [0.3, 0.4) is 0 Å². The first-order valence-corrected chi connectivity index (χ1v) is 9.46. The van der Waals surface area contributed by atoms with Crippen LogP contribution in [0, 0.1) is 0 Å². The summed E-state index contributed by atoms with van der Waals surface area (Å²) < 4.78 is 0. The van der Waals surface area contributed by atoms with Gasteiger partial charge >= 0.3 is 5.97 Å². The van der Waals surface area contributed by atoms with Gasteiger partial charge in [0.2, 0.25) is 0 Å². The molecule has 27 heavy (non-hydrogen) atoms. The summed E-state index contributed by atoms with van der Waals surface area (Å²) in [6.07, 6.45) is 1.74. The molecule has 1 heterocycles. The first-order chi connectivity index (χ1) is 12.3. The Balaban J connectivity index is 2.50. The van der Waals surface area contributed by atoms with E-state index in [-0.39, 0.29) is 27.7 Å². The lowest BCUT2D eigenvalue weighted by Crippen LogP contribution is -2.20. The number of aliphatic imine (C=N–C) groups is 1. The van der Waals surface area contributed by atoms with E-state index in [1.165, 1.54) is 0 Å². The molecular weight excluding hydrogens is 364 g/mol. The highest BCUT2D eigenvalue weighted by atomic mass is 32.2. The van der Waals surface area contributed by atoms with Crippen LogP contribution >= 0.6 is 11.8 Å². The predicted octanol–water partition coefficient (Wildman–Crippen LogP) is 3.63. The first kappa shape index (κ1) is 21.0. The molecule has 0 radical (unpaired) electrons. The number of phenolic OH excluding ortho intramolecular Hbond substituents is 1. The van der Waals surface area contributed by atoms with Crippen molar-refractivity contribution in [3.05, 3.63) is 33.7 Å². The fraction of sp³-hybridized carbons (Fsp3) is 0.450. The van der Waals surface area contributed by atoms with Crippen LogP contribution < -0.4 is 5.32 Å². The van der Waals surface area contributed by atoms with Gasteiger partial charge in [0.25, 0.3) is 5.91 Å². The summed E-state index contributed by atoms with van der Waals surface area (Å²) in [4.78, 5) is 27.1. The van der Waals surface area contributed by atoms with E-state index in [1.807, 2.05) is 53.7 Å². The second-order valence-electron chi connectivity index (χ2n) is 8.54. The van der Waals surface area contributed by atoms with Gasteiger partial charge in [-0.15, -0.1) is 0 Å². The van der Waals surface area contributed by atoms with Crippen molar-refractivity contribution in [2.24, 2.45) is 4.99 Å². The van der Waals surface area contributed by atoms with E-state index in [0.29, 0.717) is 4.91 Å². The summed E-state index contributed by atoms with van der Waals surface area (Å²) in [6.45, 7) is 11.8. The number of hydrogen-bond donors (Lipinski definition) is 3. The largest absolute Gasteiger partial charge is 0.507 e. The zero-order valence-corrected chi connectivity index (χ0v) is 17.3. The first-order valence-electron chi connectivity index (χ1n) is 8.64. The number of nitrogens with zero attached hydrogens (tertiary/aromatic N) is 1. The third-order valence-electron chi connectivity index (χ3n) is 4.05. The molecule has 0 atom stereocenters. The van der Waals surface area contributed by atoms with Crippen molar-refractivity contribution in [2.75, 3.05) is 6.54 Å². The molecule has 1 aromatic carbocycles. The van der Waals surface area contributed by atoms with Gasteiger partial charge in [-0.2, -0.15) is 0 Å². The molecular formula is C20H26N2O4S. The van der Waals surface area contributed by atoms with Crippen molar-refractivity contribution in [2.45, 2.75) is 52.4 Å². The number of rotatable bonds is 3. The van der Waals surface area contributed by atoms with E-state index in [4.69, 9.17) is 5.11 Å². The number of nitrogens with one attached hydrogen (secondary N) is 1. The second-order valence-corrected chi connectivity index (χ2v) is 9.58. The number of aliphatic carboxylic acids is 1. The fourth-order valence-corrected chi connectivity index (χ4v) is 3.50. The number of phenols is 1. The minimum atomic E-state index is -1.06. The molecule has 1 fully saturated rings. The van der Waals surface area contributed by atoms with Crippen LogP contribution in [0.2, 0.25) is 0 Å². The van der Waals surface area contributed by atoms with Crippen molar-refractivity contribution in [3.63, 3.8) is 0 Å². The smallest absolute Gasteiger partial charge is 0.325 e. The molecule has 0 unspecified atom stereocenters. The van der Waals surface area contributed by atoms with Gasteiger partial charge in [-0.1, -0.05) is 41.5 Å². The summed E-state index contributed by atoms with van der Waals surface area (Å²) in [7, 11) is 0. The molecule has 1 aromatic rings. The fourth-order valence-electron chi connectivity index (χ4n) is 2.68. The highest BCUT2D eigenvalue weighted by Gasteiger charge is 2.28. The summed E-state index contributed by atoms with van der Waals surface area (Å²) in [5.74, 6) is -1.09. The Morgan fingerprint density at radius 3 is 2.11 bits per heavy atom. The maximum Gasteiger partial charge on any atom is 0.325 e. The topological polar surface area (TPSA) is 99.0 Å². The molecule has 1 aliphatic heterocycles. The van der Waals surface area contributed by atoms with Gasteiger partial charge in [0.15, 0.2) is 5.17 Å². The van der Waals surface area contributed by atoms with Crippen LogP contribution in [-0.4, -0.2) is 33.8 Å². The predicted molar refractivity (Wildman–Crippen MR) is 109 cm³/mol. The number of carboxylic acid groups (broad SMARTS) is 1. The Morgan fingerprint density at radius 2 is 1.67 bits per heavy atom. The molecule has 0 aliphatic carbocycles. The lowest BCUT2D eigenvalue weighted by molar-refractivity contribution is -0.135. The lowest BCUT2D eigenvalue weighted by Gasteiger charge is -2.28. The summed E-state index contributed by atoms with van der Waals surface area (Å²) in [5, 5.41) is 22.3. The van der Waals surface area contributed by atoms with E-state index >= 15 is 0 Å². The number of carbonyl (C=O) groups is 2. The number of benzene rings is 1. The van der Waals surface area contributed by atoms with E-state index in [2.05, 4.69) is 10.3 Å². The molecule has 1 amide bonds. The van der Waals surface area contributed by atoms with Gasteiger partial charge in [0.1, 0.15) is 12.3 Å². The quantitative estimate of drug-likeness (QED) is 0.685. The maximum atomic E-state index is 12.2. The van der Waals surface area contributed by atoms with Crippen LogP contribution in [-0.2, 0) is 20.4 Å². The minimum Gasteiger partial charge on any atom is -0.507 e. The van der Waals surface area contributed by atoms with Crippen molar-refractivity contribution in [1.82, 2.24) is 5.32 Å². The summed E-state index contributed by atoms with van der Waals surface area (Å²) >= 11 is 1.11. The van der Waals surface area contributed by atoms with Crippen molar-refractivity contribution >= 4 is 34.9 Å². The zero-order chi connectivity index (χ0) is 20.6. The Bertz CT molecular complexity index is 808. The number of thioether (sulfide) groups is 1. The Kier molecular flexibility index (Phi) is 5.75. The number of amides is 1. The van der Waals surface area contributed by atoms with Crippen LogP contribution in [0.4, 0.5) is 0 Å². The van der Waals surface area contributed by atoms with E-state index in [0.717, 1.165) is 28.5 Å². The van der Waals surface area contributed by atoms with Crippen molar-refractivity contribution in [3.8, 4) is 5.75 Å². The van der Waals surface area contributed by atoms with Gasteiger partial charge in [0, 0.05) is 11.1 Å². The molecule has 0 bridgehead atoms. The van der Waals surface area contributed by atoms with Crippen LogP contribution in [0.25, 0.3) is 6.08 Å². The van der Waals surface area contributed by atoms with Gasteiger partial charge < -0.3 is 15.5 Å². The standard InChI is InChI=1S/C20H26N2O4S/c1-19(2,3)12-7-11(8-13(16(12)25)20(4,5)6)9-14-17(26)22-18(27-14)21-10-15(23)24/h7-9,25H,10H2,1-6H3,(H,23,24)(H,21,22,26)/b14-9-. The molecule has 2 rings (SSSR count). The van der Waals surface area contributed by atoms with Crippen LogP contribution in [0.5, 0.6) is 5.75 Å². The highest BCUT2D eigenvalue weighted by Crippen LogP contribution is 2.40. The van der Waals surface area contributed by atoms with Gasteiger partial charge in [-0.3, -0.25) is 14.6 Å². The highest BCUT2D eigenvalue weighted by molar-refractivity contribution is 8.18. The second kappa shape index (κ2) is 7.38. The number of hydrogen-bond acceptors (Lipinski definition) is 5. The van der Waals surface area contributed by atoms with Crippen LogP contribution in [0.1, 0.15) is 58.2 Å². The zero-order valence-electron chi connectivity index (χ0n) is 16.5. The number of carboxylic acids is 1. The average Bonchev–Trinajstić information content (AvgIpc) is 2.84. The molecule has 0 saturated carbocycles. The normalized spacial score (nSPS) is 18.2. The lowest BCUT2D eigenvalue weighted by atomic mass is 9.78. The van der Waals surface area contributed by atoms with E-state index in [1.54, 1.807) is 6.08 Å². The number of carbonyl (C=O) groups excluding carboxylic acids is 1. The molecule has 6 nitrogen and oxygen atoms in total. The maximum absolute atomic E-state index is 12.2. The molecule has 3 N–H and O–H groups in total. The molecule has 146 valence electrons. The SMILES string of the molecule is CC(C)(C)c1cc(/C=C2\SC(=NCC(=O)O)NC2=O)cc(C(C)(C)C)c1O. The van der Waals surface area contributed by atoms with Gasteiger partial charge in [-0.05, 0) is 46.4 Å². The molecule has 7 heteroatoms. The Labute approximate surface area is 163 Å².